The fourth-order valence-corrected chi connectivity index (χ4v) is 3.98. The molecule has 0 aliphatic heterocycles. The molecule has 1 rings (SSSR count). The van der Waals surface area contributed by atoms with Crippen LogP contribution in [-0.4, -0.2) is 19.0 Å². The molecule has 1 amide bonds. The monoisotopic (exact) mass is 416 g/mol. The molecule has 0 unspecified atom stereocenters. The summed E-state index contributed by atoms with van der Waals surface area (Å²) in [5.41, 5.74) is 6.90. The maximum Gasteiger partial charge on any atom is 0.219 e. The number of nitrogens with two attached hydrogens (primary N) is 1. The van der Waals surface area contributed by atoms with Gasteiger partial charge in [-0.2, -0.15) is 0 Å². The minimum Gasteiger partial charge on any atom is -0.356 e. The van der Waals surface area contributed by atoms with Crippen LogP contribution in [0.25, 0.3) is 0 Å². The molecule has 3 heteroatoms. The van der Waals surface area contributed by atoms with Gasteiger partial charge in [-0.25, -0.2) is 0 Å². The summed E-state index contributed by atoms with van der Waals surface area (Å²) in [5, 5.41) is 2.92. The SMILES string of the molecule is NCCCNC(=O)CCCCCCCCCCCCCCCCCc1ccccc1. The number of aryl methyl sites for hydroxylation is 1. The molecular weight excluding hydrogens is 368 g/mol. The summed E-state index contributed by atoms with van der Waals surface area (Å²) in [4.78, 5) is 11.6. The third-order valence-electron chi connectivity index (χ3n) is 5.92. The Morgan fingerprint density at radius 1 is 0.633 bits per heavy atom. The van der Waals surface area contributed by atoms with Crippen LogP contribution in [0.4, 0.5) is 0 Å². The maximum atomic E-state index is 11.6. The van der Waals surface area contributed by atoms with Crippen LogP contribution in [0.2, 0.25) is 0 Å². The highest BCUT2D eigenvalue weighted by Crippen LogP contribution is 2.14. The number of unbranched alkanes of at least 4 members (excludes halogenated alkanes) is 14. The van der Waals surface area contributed by atoms with Gasteiger partial charge in [0.1, 0.15) is 0 Å². The van der Waals surface area contributed by atoms with Crippen LogP contribution in [0.3, 0.4) is 0 Å². The summed E-state index contributed by atoms with van der Waals surface area (Å²) >= 11 is 0. The van der Waals surface area contributed by atoms with E-state index in [0.29, 0.717) is 13.0 Å². The minimum atomic E-state index is 0.190. The van der Waals surface area contributed by atoms with Gasteiger partial charge in [0.05, 0.1) is 0 Å². The number of rotatable bonds is 21. The Balaban J connectivity index is 1.70. The Morgan fingerprint density at radius 3 is 1.60 bits per heavy atom. The van der Waals surface area contributed by atoms with Crippen molar-refractivity contribution in [3.05, 3.63) is 35.9 Å². The van der Waals surface area contributed by atoms with Gasteiger partial charge in [-0.05, 0) is 37.8 Å². The second kappa shape index (κ2) is 20.9. The molecule has 0 spiro atoms. The first-order valence-corrected chi connectivity index (χ1v) is 12.8. The number of nitrogens with one attached hydrogen (secondary N) is 1. The van der Waals surface area contributed by atoms with Crippen molar-refractivity contribution in [1.82, 2.24) is 5.32 Å². The Hall–Kier alpha value is -1.35. The molecule has 3 nitrogen and oxygen atoms in total. The van der Waals surface area contributed by atoms with Gasteiger partial charge in [0.15, 0.2) is 0 Å². The lowest BCUT2D eigenvalue weighted by Crippen LogP contribution is -2.25. The summed E-state index contributed by atoms with van der Waals surface area (Å²) in [6.45, 7) is 1.37. The first-order chi connectivity index (χ1) is 14.8. The van der Waals surface area contributed by atoms with E-state index in [0.717, 1.165) is 19.4 Å². The zero-order valence-corrected chi connectivity index (χ0v) is 19.5. The van der Waals surface area contributed by atoms with E-state index in [2.05, 4.69) is 35.6 Å². The van der Waals surface area contributed by atoms with Crippen molar-refractivity contribution in [3.63, 3.8) is 0 Å². The summed E-state index contributed by atoms with van der Waals surface area (Å²) in [6, 6.07) is 10.9. The molecule has 0 aliphatic carbocycles. The van der Waals surface area contributed by atoms with Crippen LogP contribution in [0, 0.1) is 0 Å². The smallest absolute Gasteiger partial charge is 0.219 e. The topological polar surface area (TPSA) is 55.1 Å². The molecule has 1 aromatic carbocycles. The van der Waals surface area contributed by atoms with E-state index < -0.39 is 0 Å². The van der Waals surface area contributed by atoms with E-state index in [9.17, 15) is 4.79 Å². The van der Waals surface area contributed by atoms with Gasteiger partial charge in [0, 0.05) is 13.0 Å². The van der Waals surface area contributed by atoms with Gasteiger partial charge in [0.2, 0.25) is 5.91 Å². The van der Waals surface area contributed by atoms with E-state index in [1.165, 1.54) is 102 Å². The molecule has 0 heterocycles. The lowest BCUT2D eigenvalue weighted by Gasteiger charge is -2.05. The molecule has 0 radical (unpaired) electrons. The van der Waals surface area contributed by atoms with Crippen molar-refractivity contribution in [3.8, 4) is 0 Å². The molecule has 0 aromatic heterocycles. The van der Waals surface area contributed by atoms with E-state index in [1.807, 2.05) is 0 Å². The second-order valence-electron chi connectivity index (χ2n) is 8.78. The first-order valence-electron chi connectivity index (χ1n) is 12.8. The zero-order valence-electron chi connectivity index (χ0n) is 19.5. The predicted octanol–water partition coefficient (Wildman–Crippen LogP) is 6.94. The Bertz CT molecular complexity index is 489. The van der Waals surface area contributed by atoms with Crippen LogP contribution < -0.4 is 11.1 Å². The number of hydrogen-bond acceptors (Lipinski definition) is 2. The molecule has 172 valence electrons. The predicted molar refractivity (Wildman–Crippen MR) is 131 cm³/mol. The summed E-state index contributed by atoms with van der Waals surface area (Å²) in [5.74, 6) is 0.190. The lowest BCUT2D eigenvalue weighted by molar-refractivity contribution is -0.121. The molecule has 1 aromatic rings. The largest absolute Gasteiger partial charge is 0.356 e. The Kier molecular flexibility index (Phi) is 18.6. The van der Waals surface area contributed by atoms with Crippen molar-refractivity contribution >= 4 is 5.91 Å². The fraction of sp³-hybridized carbons (Fsp3) is 0.741. The molecule has 0 saturated carbocycles. The highest BCUT2D eigenvalue weighted by molar-refractivity contribution is 5.75. The third-order valence-corrected chi connectivity index (χ3v) is 5.92. The van der Waals surface area contributed by atoms with Crippen LogP contribution in [0.15, 0.2) is 30.3 Å². The van der Waals surface area contributed by atoms with Crippen LogP contribution in [0.5, 0.6) is 0 Å². The van der Waals surface area contributed by atoms with E-state index in [4.69, 9.17) is 5.73 Å². The van der Waals surface area contributed by atoms with E-state index in [1.54, 1.807) is 0 Å². The Morgan fingerprint density at radius 2 is 1.10 bits per heavy atom. The quantitative estimate of drug-likeness (QED) is 0.213. The van der Waals surface area contributed by atoms with Crippen molar-refractivity contribution in [1.29, 1.82) is 0 Å². The number of amides is 1. The molecule has 0 bridgehead atoms. The van der Waals surface area contributed by atoms with Crippen molar-refractivity contribution < 1.29 is 4.79 Å². The van der Waals surface area contributed by atoms with Crippen LogP contribution in [0.1, 0.15) is 115 Å². The number of hydrogen-bond donors (Lipinski definition) is 2. The zero-order chi connectivity index (χ0) is 21.5. The molecule has 3 N–H and O–H groups in total. The molecule has 0 saturated heterocycles. The van der Waals surface area contributed by atoms with Crippen molar-refractivity contribution in [2.24, 2.45) is 5.73 Å². The lowest BCUT2D eigenvalue weighted by atomic mass is 10.0. The molecule has 30 heavy (non-hydrogen) atoms. The standard InChI is InChI=1S/C27H48N2O/c28-24-19-25-29-27(30)23-18-13-11-9-7-5-3-1-2-4-6-8-10-12-15-20-26-21-16-14-17-22-26/h14,16-17,21-22H,1-13,15,18-20,23-25,28H2,(H,29,30). The van der Waals surface area contributed by atoms with Gasteiger partial charge >= 0.3 is 0 Å². The number of benzene rings is 1. The van der Waals surface area contributed by atoms with Gasteiger partial charge in [-0.1, -0.05) is 114 Å². The summed E-state index contributed by atoms with van der Waals surface area (Å²) < 4.78 is 0. The molecule has 0 atom stereocenters. The molecular formula is C27H48N2O. The Labute approximate surface area is 186 Å². The van der Waals surface area contributed by atoms with Crippen molar-refractivity contribution in [2.45, 2.75) is 116 Å². The minimum absolute atomic E-state index is 0.190. The normalized spacial score (nSPS) is 11.0. The summed E-state index contributed by atoms with van der Waals surface area (Å²) in [7, 11) is 0. The first kappa shape index (κ1) is 26.7. The van der Waals surface area contributed by atoms with E-state index >= 15 is 0 Å². The highest BCUT2D eigenvalue weighted by atomic mass is 16.1. The maximum absolute atomic E-state index is 11.6. The molecule has 0 fully saturated rings. The third kappa shape index (κ3) is 17.5. The van der Waals surface area contributed by atoms with Gasteiger partial charge < -0.3 is 11.1 Å². The number of carbonyl (C=O) groups is 1. The van der Waals surface area contributed by atoms with Gasteiger partial charge in [-0.15, -0.1) is 0 Å². The number of carbonyl (C=O) groups excluding carboxylic acids is 1. The van der Waals surface area contributed by atoms with E-state index in [-0.39, 0.29) is 5.91 Å². The van der Waals surface area contributed by atoms with Crippen LogP contribution >= 0.6 is 0 Å². The van der Waals surface area contributed by atoms with Crippen molar-refractivity contribution in [2.75, 3.05) is 13.1 Å². The molecule has 0 aliphatic rings. The van der Waals surface area contributed by atoms with Gasteiger partial charge in [0.25, 0.3) is 0 Å². The highest BCUT2D eigenvalue weighted by Gasteiger charge is 2.00. The second-order valence-corrected chi connectivity index (χ2v) is 8.78. The van der Waals surface area contributed by atoms with Crippen LogP contribution in [-0.2, 0) is 11.2 Å². The fourth-order valence-electron chi connectivity index (χ4n) is 3.98. The van der Waals surface area contributed by atoms with Gasteiger partial charge in [-0.3, -0.25) is 4.79 Å². The summed E-state index contributed by atoms with van der Waals surface area (Å²) in [6.07, 6.45) is 23.0. The average molecular weight is 417 g/mol. The average Bonchev–Trinajstić information content (AvgIpc) is 2.77.